The van der Waals surface area contributed by atoms with Crippen molar-refractivity contribution in [2.45, 2.75) is 32.3 Å². The number of amides is 1. The lowest BCUT2D eigenvalue weighted by atomic mass is 9.87. The van der Waals surface area contributed by atoms with E-state index in [4.69, 9.17) is 4.74 Å². The van der Waals surface area contributed by atoms with Crippen LogP contribution >= 0.6 is 0 Å². The third-order valence-electron chi connectivity index (χ3n) is 4.47. The van der Waals surface area contributed by atoms with Crippen LogP contribution in [0.25, 0.3) is 0 Å². The number of rotatable bonds is 6. The molecule has 25 heavy (non-hydrogen) atoms. The summed E-state index contributed by atoms with van der Waals surface area (Å²) >= 11 is 0. The molecule has 1 aliphatic heterocycles. The second-order valence-corrected chi connectivity index (χ2v) is 6.11. The van der Waals surface area contributed by atoms with Crippen molar-refractivity contribution in [2.75, 3.05) is 11.9 Å². The molecular formula is C20H21NO4. The van der Waals surface area contributed by atoms with Crippen LogP contribution in [-0.2, 0) is 16.8 Å². The Kier molecular flexibility index (Phi) is 4.59. The zero-order chi connectivity index (χ0) is 18.0. The fourth-order valence-corrected chi connectivity index (χ4v) is 3.02. The van der Waals surface area contributed by atoms with Crippen molar-refractivity contribution in [3.05, 3.63) is 59.2 Å². The van der Waals surface area contributed by atoms with Crippen molar-refractivity contribution in [3.63, 3.8) is 0 Å². The Balaban J connectivity index is 1.86. The number of ether oxygens (including phenoxy) is 1. The summed E-state index contributed by atoms with van der Waals surface area (Å²) < 4.78 is 5.36. The smallest absolute Gasteiger partial charge is 0.261 e. The zero-order valence-electron chi connectivity index (χ0n) is 14.3. The Labute approximate surface area is 146 Å². The molecule has 0 radical (unpaired) electrons. The van der Waals surface area contributed by atoms with Gasteiger partial charge in [0.05, 0.1) is 13.0 Å². The van der Waals surface area contributed by atoms with E-state index in [9.17, 15) is 14.7 Å². The summed E-state index contributed by atoms with van der Waals surface area (Å²) in [6.45, 7) is 4.43. The molecule has 0 spiro atoms. The van der Waals surface area contributed by atoms with Crippen LogP contribution in [0.2, 0.25) is 0 Å². The van der Waals surface area contributed by atoms with E-state index >= 15 is 0 Å². The first-order valence-corrected chi connectivity index (χ1v) is 8.41. The van der Waals surface area contributed by atoms with Crippen molar-refractivity contribution < 1.29 is 19.4 Å². The highest BCUT2D eigenvalue weighted by atomic mass is 16.5. The summed E-state index contributed by atoms with van der Waals surface area (Å²) in [6, 6.07) is 12.2. The van der Waals surface area contributed by atoms with E-state index in [1.807, 2.05) is 19.9 Å². The second kappa shape index (κ2) is 6.69. The van der Waals surface area contributed by atoms with Crippen molar-refractivity contribution in [1.82, 2.24) is 0 Å². The summed E-state index contributed by atoms with van der Waals surface area (Å²) in [6.07, 6.45) is 0.484. The molecule has 5 nitrogen and oxygen atoms in total. The van der Waals surface area contributed by atoms with Crippen molar-refractivity contribution in [3.8, 4) is 5.75 Å². The van der Waals surface area contributed by atoms with Gasteiger partial charge in [-0.25, -0.2) is 0 Å². The topological polar surface area (TPSA) is 75.6 Å². The SMILES string of the molecule is CCOc1ccc(C(=O)C[C@]2(O)C(=O)Nc3ccc(CC)cc32)cc1. The highest BCUT2D eigenvalue weighted by Gasteiger charge is 2.46. The molecule has 0 saturated heterocycles. The number of aryl methyl sites for hydroxylation is 1. The zero-order valence-corrected chi connectivity index (χ0v) is 14.3. The number of anilines is 1. The molecule has 2 aromatic carbocycles. The molecule has 0 bridgehead atoms. The standard InChI is InChI=1S/C20H21NO4/c1-3-13-5-10-17-16(11-13)20(24,19(23)21-17)12-18(22)14-6-8-15(9-7-14)25-4-2/h5-11,24H,3-4,12H2,1-2H3,(H,21,23)/t20-/m1/s1. The van der Waals surface area contributed by atoms with Crippen LogP contribution in [0.3, 0.4) is 0 Å². The van der Waals surface area contributed by atoms with Gasteiger partial charge in [-0.1, -0.05) is 19.1 Å². The predicted molar refractivity (Wildman–Crippen MR) is 94.9 cm³/mol. The van der Waals surface area contributed by atoms with Crippen LogP contribution in [-0.4, -0.2) is 23.4 Å². The third-order valence-corrected chi connectivity index (χ3v) is 4.47. The molecule has 1 heterocycles. The number of hydrogen-bond donors (Lipinski definition) is 2. The van der Waals surface area contributed by atoms with Gasteiger partial charge in [0.2, 0.25) is 0 Å². The van der Waals surface area contributed by atoms with Crippen LogP contribution in [0.15, 0.2) is 42.5 Å². The molecule has 1 aliphatic rings. The summed E-state index contributed by atoms with van der Waals surface area (Å²) in [4.78, 5) is 24.9. The van der Waals surface area contributed by atoms with Crippen LogP contribution in [0.1, 0.15) is 41.8 Å². The molecule has 130 valence electrons. The first-order valence-electron chi connectivity index (χ1n) is 8.41. The number of aliphatic hydroxyl groups is 1. The molecule has 2 N–H and O–H groups in total. The summed E-state index contributed by atoms with van der Waals surface area (Å²) in [5.41, 5.74) is 0.628. The van der Waals surface area contributed by atoms with Gasteiger partial charge < -0.3 is 15.2 Å². The Bertz CT molecular complexity index is 813. The highest BCUT2D eigenvalue weighted by molar-refractivity contribution is 6.09. The quantitative estimate of drug-likeness (QED) is 0.793. The maximum atomic E-state index is 12.6. The lowest BCUT2D eigenvalue weighted by Gasteiger charge is -2.20. The fourth-order valence-electron chi connectivity index (χ4n) is 3.02. The number of Topliss-reactive ketones (excluding diaryl/α,β-unsaturated/α-hetero) is 1. The molecule has 0 saturated carbocycles. The van der Waals surface area contributed by atoms with Crippen molar-refractivity contribution >= 4 is 17.4 Å². The number of carbonyl (C=O) groups is 2. The van der Waals surface area contributed by atoms with Gasteiger partial charge in [0.15, 0.2) is 11.4 Å². The van der Waals surface area contributed by atoms with E-state index in [-0.39, 0.29) is 12.2 Å². The second-order valence-electron chi connectivity index (χ2n) is 6.11. The number of fused-ring (bicyclic) bond motifs is 1. The predicted octanol–water partition coefficient (Wildman–Crippen LogP) is 3.06. The third kappa shape index (κ3) is 3.15. The highest BCUT2D eigenvalue weighted by Crippen LogP contribution is 2.39. The Morgan fingerprint density at radius 3 is 2.52 bits per heavy atom. The Hall–Kier alpha value is -2.66. The van der Waals surface area contributed by atoms with Gasteiger partial charge in [0, 0.05) is 16.8 Å². The van der Waals surface area contributed by atoms with E-state index in [0.717, 1.165) is 12.0 Å². The van der Waals surface area contributed by atoms with Crippen molar-refractivity contribution in [2.24, 2.45) is 0 Å². The van der Waals surface area contributed by atoms with Crippen LogP contribution in [0.5, 0.6) is 5.75 Å². The first kappa shape index (κ1) is 17.2. The number of carbonyl (C=O) groups excluding carboxylic acids is 2. The largest absolute Gasteiger partial charge is 0.494 e. The number of ketones is 1. The van der Waals surface area contributed by atoms with E-state index in [1.54, 1.807) is 36.4 Å². The van der Waals surface area contributed by atoms with Gasteiger partial charge in [0.25, 0.3) is 5.91 Å². The molecule has 1 atom stereocenters. The van der Waals surface area contributed by atoms with E-state index in [0.29, 0.717) is 29.2 Å². The number of hydrogen-bond acceptors (Lipinski definition) is 4. The van der Waals surface area contributed by atoms with Gasteiger partial charge in [-0.15, -0.1) is 0 Å². The maximum Gasteiger partial charge on any atom is 0.261 e. The molecular weight excluding hydrogens is 318 g/mol. The van der Waals surface area contributed by atoms with Crippen LogP contribution in [0, 0.1) is 0 Å². The molecule has 0 unspecified atom stereocenters. The summed E-state index contributed by atoms with van der Waals surface area (Å²) in [7, 11) is 0. The minimum Gasteiger partial charge on any atom is -0.494 e. The van der Waals surface area contributed by atoms with Gasteiger partial charge in [-0.2, -0.15) is 0 Å². The number of nitrogens with one attached hydrogen (secondary N) is 1. The molecule has 0 fully saturated rings. The Morgan fingerprint density at radius 1 is 1.16 bits per heavy atom. The fraction of sp³-hybridized carbons (Fsp3) is 0.300. The van der Waals surface area contributed by atoms with Crippen molar-refractivity contribution in [1.29, 1.82) is 0 Å². The van der Waals surface area contributed by atoms with Crippen LogP contribution in [0.4, 0.5) is 5.69 Å². The minimum atomic E-state index is -1.84. The molecule has 2 aromatic rings. The van der Waals surface area contributed by atoms with E-state index < -0.39 is 11.5 Å². The first-order chi connectivity index (χ1) is 12.0. The lowest BCUT2D eigenvalue weighted by Crippen LogP contribution is -2.36. The average Bonchev–Trinajstić information content (AvgIpc) is 2.86. The van der Waals surface area contributed by atoms with Gasteiger partial charge in [0.1, 0.15) is 5.75 Å². The maximum absolute atomic E-state index is 12.6. The van der Waals surface area contributed by atoms with Gasteiger partial charge >= 0.3 is 0 Å². The number of benzene rings is 2. The molecule has 3 rings (SSSR count). The molecule has 0 aliphatic carbocycles. The normalized spacial score (nSPS) is 18.6. The summed E-state index contributed by atoms with van der Waals surface area (Å²) in [5.74, 6) is -0.181. The van der Waals surface area contributed by atoms with E-state index in [2.05, 4.69) is 5.32 Å². The lowest BCUT2D eigenvalue weighted by molar-refractivity contribution is -0.133. The van der Waals surface area contributed by atoms with Gasteiger partial charge in [-0.05, 0) is 49.2 Å². The minimum absolute atomic E-state index is 0.296. The molecule has 0 aromatic heterocycles. The average molecular weight is 339 g/mol. The van der Waals surface area contributed by atoms with E-state index in [1.165, 1.54) is 0 Å². The molecule has 1 amide bonds. The Morgan fingerprint density at radius 2 is 1.88 bits per heavy atom. The summed E-state index contributed by atoms with van der Waals surface area (Å²) in [5, 5.41) is 13.6. The molecule has 5 heteroatoms. The van der Waals surface area contributed by atoms with Crippen LogP contribution < -0.4 is 10.1 Å². The monoisotopic (exact) mass is 339 g/mol. The van der Waals surface area contributed by atoms with Gasteiger partial charge in [-0.3, -0.25) is 9.59 Å².